The first-order chi connectivity index (χ1) is 16.6. The summed E-state index contributed by atoms with van der Waals surface area (Å²) in [5, 5.41) is 7.62. The molecule has 1 aromatic heterocycles. The van der Waals surface area contributed by atoms with Gasteiger partial charge in [0.1, 0.15) is 6.42 Å². The minimum Gasteiger partial charge on any atom is -0.326 e. The topological polar surface area (TPSA) is 91.4 Å². The van der Waals surface area contributed by atoms with Crippen LogP contribution in [0.4, 0.5) is 22.7 Å². The highest BCUT2D eigenvalue weighted by Gasteiger charge is 2.28. The molecule has 5 rings (SSSR count). The summed E-state index contributed by atoms with van der Waals surface area (Å²) in [6.07, 6.45) is 4.14. The molecule has 0 spiro atoms. The van der Waals surface area contributed by atoms with Crippen LogP contribution in [-0.2, 0) is 20.8 Å². The Morgan fingerprint density at radius 2 is 1.79 bits per heavy atom. The lowest BCUT2D eigenvalue weighted by atomic mass is 10.1. The molecule has 2 N–H and O–H groups in total. The zero-order valence-corrected chi connectivity index (χ0v) is 18.3. The SMILES string of the molecule is O=C(CCc1cccnc1)Nc1ccc(N2C(=O)CC(=O)Nc3c2ccc2ccccc32)cc1. The molecule has 1 aliphatic heterocycles. The Balaban J connectivity index is 1.38. The summed E-state index contributed by atoms with van der Waals surface area (Å²) in [5.41, 5.74) is 3.48. The number of nitrogens with zero attached hydrogens (tertiary/aromatic N) is 2. The van der Waals surface area contributed by atoms with Crippen LogP contribution in [0.3, 0.4) is 0 Å². The van der Waals surface area contributed by atoms with Crippen molar-refractivity contribution in [2.24, 2.45) is 0 Å². The number of hydrogen-bond acceptors (Lipinski definition) is 4. The number of fused-ring (bicyclic) bond motifs is 3. The lowest BCUT2D eigenvalue weighted by Gasteiger charge is -2.23. The maximum Gasteiger partial charge on any atom is 0.241 e. The Hall–Kier alpha value is -4.52. The molecule has 4 aromatic rings. The van der Waals surface area contributed by atoms with Crippen molar-refractivity contribution in [3.63, 3.8) is 0 Å². The third-order valence-corrected chi connectivity index (χ3v) is 5.75. The number of aromatic nitrogens is 1. The average molecular weight is 450 g/mol. The van der Waals surface area contributed by atoms with Gasteiger partial charge in [-0.3, -0.25) is 24.3 Å². The number of pyridine rings is 1. The summed E-state index contributed by atoms with van der Waals surface area (Å²) in [6, 6.07) is 22.3. The van der Waals surface area contributed by atoms with E-state index in [-0.39, 0.29) is 24.1 Å². The van der Waals surface area contributed by atoms with Crippen molar-refractivity contribution in [2.45, 2.75) is 19.3 Å². The number of carbonyl (C=O) groups is 3. The van der Waals surface area contributed by atoms with Crippen LogP contribution in [0.15, 0.2) is 85.2 Å². The van der Waals surface area contributed by atoms with E-state index in [0.717, 1.165) is 16.3 Å². The summed E-state index contributed by atoms with van der Waals surface area (Å²) in [7, 11) is 0. The smallest absolute Gasteiger partial charge is 0.241 e. The fraction of sp³-hybridized carbons (Fsp3) is 0.111. The Morgan fingerprint density at radius 1 is 0.971 bits per heavy atom. The van der Waals surface area contributed by atoms with E-state index in [2.05, 4.69) is 15.6 Å². The van der Waals surface area contributed by atoms with Crippen molar-refractivity contribution in [3.05, 3.63) is 90.8 Å². The summed E-state index contributed by atoms with van der Waals surface area (Å²) in [5.74, 6) is -0.767. The third kappa shape index (κ3) is 4.36. The van der Waals surface area contributed by atoms with Crippen LogP contribution in [-0.4, -0.2) is 22.7 Å². The Kier molecular flexibility index (Phi) is 5.74. The van der Waals surface area contributed by atoms with Crippen LogP contribution >= 0.6 is 0 Å². The number of hydrogen-bond donors (Lipinski definition) is 2. The number of carbonyl (C=O) groups excluding carboxylic acids is 3. The molecule has 0 unspecified atom stereocenters. The molecular weight excluding hydrogens is 428 g/mol. The monoisotopic (exact) mass is 450 g/mol. The second kappa shape index (κ2) is 9.15. The summed E-state index contributed by atoms with van der Waals surface area (Å²) in [4.78, 5) is 43.4. The van der Waals surface area contributed by atoms with Gasteiger partial charge in [0, 0.05) is 35.6 Å². The first kappa shape index (κ1) is 21.3. The van der Waals surface area contributed by atoms with E-state index in [4.69, 9.17) is 0 Å². The number of rotatable bonds is 5. The van der Waals surface area contributed by atoms with Gasteiger partial charge in [0.15, 0.2) is 0 Å². The van der Waals surface area contributed by atoms with Gasteiger partial charge in [-0.25, -0.2) is 0 Å². The van der Waals surface area contributed by atoms with Crippen LogP contribution < -0.4 is 15.5 Å². The average Bonchev–Trinajstić information content (AvgIpc) is 2.98. The molecule has 0 saturated carbocycles. The van der Waals surface area contributed by atoms with Crippen molar-refractivity contribution < 1.29 is 14.4 Å². The highest BCUT2D eigenvalue weighted by Crippen LogP contribution is 2.40. The molecule has 168 valence electrons. The summed E-state index contributed by atoms with van der Waals surface area (Å²) < 4.78 is 0. The zero-order chi connectivity index (χ0) is 23.5. The van der Waals surface area contributed by atoms with Crippen molar-refractivity contribution >= 4 is 51.2 Å². The zero-order valence-electron chi connectivity index (χ0n) is 18.3. The number of benzene rings is 3. The highest BCUT2D eigenvalue weighted by molar-refractivity contribution is 6.21. The summed E-state index contributed by atoms with van der Waals surface area (Å²) >= 11 is 0. The van der Waals surface area contributed by atoms with Crippen molar-refractivity contribution in [3.8, 4) is 0 Å². The van der Waals surface area contributed by atoms with Crippen molar-refractivity contribution in [1.82, 2.24) is 4.98 Å². The molecule has 0 bridgehead atoms. The quantitative estimate of drug-likeness (QED) is 0.427. The third-order valence-electron chi connectivity index (χ3n) is 5.75. The van der Waals surface area contributed by atoms with E-state index in [9.17, 15) is 14.4 Å². The van der Waals surface area contributed by atoms with Gasteiger partial charge in [0.2, 0.25) is 17.7 Å². The van der Waals surface area contributed by atoms with Crippen LogP contribution in [0.1, 0.15) is 18.4 Å². The van der Waals surface area contributed by atoms with Gasteiger partial charge in [-0.05, 0) is 53.8 Å². The van der Waals surface area contributed by atoms with Gasteiger partial charge < -0.3 is 10.6 Å². The Bertz CT molecular complexity index is 1380. The van der Waals surface area contributed by atoms with Crippen LogP contribution in [0.5, 0.6) is 0 Å². The number of anilines is 4. The van der Waals surface area contributed by atoms with E-state index >= 15 is 0 Å². The van der Waals surface area contributed by atoms with Crippen LogP contribution in [0, 0.1) is 0 Å². The Labute approximate surface area is 196 Å². The van der Waals surface area contributed by atoms with E-state index < -0.39 is 0 Å². The molecule has 0 saturated heterocycles. The second-order valence-corrected chi connectivity index (χ2v) is 8.09. The van der Waals surface area contributed by atoms with E-state index in [1.165, 1.54) is 0 Å². The van der Waals surface area contributed by atoms with E-state index in [1.54, 1.807) is 41.6 Å². The van der Waals surface area contributed by atoms with Crippen LogP contribution in [0.2, 0.25) is 0 Å². The molecule has 0 atom stereocenters. The maximum atomic E-state index is 13.0. The molecule has 7 heteroatoms. The molecular formula is C27H22N4O3. The standard InChI is InChI=1S/C27H22N4O3/c32-24(14-7-18-4-3-15-28-17-18)29-20-9-11-21(12-10-20)31-23-13-8-19-5-1-2-6-22(19)27(23)30-25(33)16-26(31)34/h1-6,8-13,15,17H,7,14,16H2,(H,29,32)(H,30,33). The Morgan fingerprint density at radius 3 is 2.59 bits per heavy atom. The highest BCUT2D eigenvalue weighted by atomic mass is 16.2. The van der Waals surface area contributed by atoms with Gasteiger partial charge in [-0.1, -0.05) is 36.4 Å². The van der Waals surface area contributed by atoms with Crippen molar-refractivity contribution in [2.75, 3.05) is 15.5 Å². The van der Waals surface area contributed by atoms with Gasteiger partial charge in [-0.2, -0.15) is 0 Å². The first-order valence-electron chi connectivity index (χ1n) is 11.0. The maximum absolute atomic E-state index is 13.0. The lowest BCUT2D eigenvalue weighted by Crippen LogP contribution is -2.26. The summed E-state index contributed by atoms with van der Waals surface area (Å²) in [6.45, 7) is 0. The molecule has 3 aromatic carbocycles. The predicted octanol–water partition coefficient (Wildman–Crippen LogP) is 4.81. The fourth-order valence-electron chi connectivity index (χ4n) is 4.12. The number of nitrogens with one attached hydrogen (secondary N) is 2. The predicted molar refractivity (Wildman–Crippen MR) is 132 cm³/mol. The van der Waals surface area contributed by atoms with Gasteiger partial charge in [0.05, 0.1) is 11.4 Å². The second-order valence-electron chi connectivity index (χ2n) is 8.09. The molecule has 0 aliphatic carbocycles. The van der Waals surface area contributed by atoms with Gasteiger partial charge in [-0.15, -0.1) is 0 Å². The van der Waals surface area contributed by atoms with E-state index in [1.807, 2.05) is 48.5 Å². The minimum atomic E-state index is -0.345. The fourth-order valence-corrected chi connectivity index (χ4v) is 4.12. The molecule has 34 heavy (non-hydrogen) atoms. The van der Waals surface area contributed by atoms with Crippen LogP contribution in [0.25, 0.3) is 10.8 Å². The molecule has 3 amide bonds. The van der Waals surface area contributed by atoms with Crippen molar-refractivity contribution in [1.29, 1.82) is 0 Å². The van der Waals surface area contributed by atoms with Gasteiger partial charge >= 0.3 is 0 Å². The van der Waals surface area contributed by atoms with E-state index in [0.29, 0.717) is 35.6 Å². The molecule has 2 heterocycles. The molecule has 7 nitrogen and oxygen atoms in total. The molecule has 0 radical (unpaired) electrons. The number of aryl methyl sites for hydroxylation is 1. The number of amides is 3. The lowest BCUT2D eigenvalue weighted by molar-refractivity contribution is -0.124. The minimum absolute atomic E-state index is 0.103. The normalized spacial score (nSPS) is 13.2. The molecule has 0 fully saturated rings. The largest absolute Gasteiger partial charge is 0.326 e. The first-order valence-corrected chi connectivity index (χ1v) is 11.0. The van der Waals surface area contributed by atoms with Gasteiger partial charge in [0.25, 0.3) is 0 Å². The molecule has 1 aliphatic rings.